The van der Waals surface area contributed by atoms with Gasteiger partial charge in [0.05, 0.1) is 6.54 Å². The highest BCUT2D eigenvalue weighted by Gasteiger charge is 2.29. The number of hydrogen-bond acceptors (Lipinski definition) is 2. The van der Waals surface area contributed by atoms with E-state index in [2.05, 4.69) is 17.0 Å². The summed E-state index contributed by atoms with van der Waals surface area (Å²) in [6.07, 6.45) is 2.22. The molecule has 0 aliphatic heterocycles. The molecule has 0 bridgehead atoms. The Morgan fingerprint density at radius 3 is 2.60 bits per heavy atom. The van der Waals surface area contributed by atoms with Gasteiger partial charge in [-0.25, -0.2) is 0 Å². The lowest BCUT2D eigenvalue weighted by molar-refractivity contribution is -0.121. The molecule has 1 aliphatic carbocycles. The topological polar surface area (TPSA) is 20.3 Å². The van der Waals surface area contributed by atoms with Gasteiger partial charge in [-0.2, -0.15) is 0 Å². The van der Waals surface area contributed by atoms with Crippen LogP contribution in [0.5, 0.6) is 0 Å². The average molecular weight is 203 g/mol. The fourth-order valence-electron chi connectivity index (χ4n) is 1.75. The van der Waals surface area contributed by atoms with Gasteiger partial charge in [0, 0.05) is 12.5 Å². The molecule has 1 fully saturated rings. The normalized spacial score (nSPS) is 15.6. The quantitative estimate of drug-likeness (QED) is 0.730. The maximum atomic E-state index is 11.6. The Labute approximate surface area is 90.9 Å². The summed E-state index contributed by atoms with van der Waals surface area (Å²) < 4.78 is 0. The van der Waals surface area contributed by atoms with Gasteiger partial charge in [-0.05, 0) is 25.5 Å². The zero-order chi connectivity index (χ0) is 10.7. The number of Topliss-reactive ketones (excluding diaryl/α,β-unsaturated/α-hetero) is 1. The van der Waals surface area contributed by atoms with Crippen LogP contribution in [0.15, 0.2) is 30.3 Å². The van der Waals surface area contributed by atoms with Crippen LogP contribution in [0, 0.1) is 5.92 Å². The van der Waals surface area contributed by atoms with Crippen molar-refractivity contribution in [2.45, 2.75) is 19.4 Å². The third-order valence-electron chi connectivity index (χ3n) is 2.75. The van der Waals surface area contributed by atoms with Crippen molar-refractivity contribution in [3.8, 4) is 0 Å². The molecule has 2 rings (SSSR count). The second-order valence-electron chi connectivity index (χ2n) is 4.40. The molecule has 0 radical (unpaired) electrons. The maximum absolute atomic E-state index is 11.6. The molecule has 1 aromatic carbocycles. The Morgan fingerprint density at radius 2 is 2.00 bits per heavy atom. The maximum Gasteiger partial charge on any atom is 0.149 e. The van der Waals surface area contributed by atoms with E-state index in [1.165, 1.54) is 5.56 Å². The molecule has 0 spiro atoms. The van der Waals surface area contributed by atoms with Crippen molar-refractivity contribution in [2.24, 2.45) is 5.92 Å². The van der Waals surface area contributed by atoms with Crippen molar-refractivity contribution in [1.29, 1.82) is 0 Å². The molecular weight excluding hydrogens is 186 g/mol. The third-order valence-corrected chi connectivity index (χ3v) is 2.75. The van der Waals surface area contributed by atoms with E-state index in [4.69, 9.17) is 0 Å². The van der Waals surface area contributed by atoms with Gasteiger partial charge >= 0.3 is 0 Å². The Hall–Kier alpha value is -1.15. The zero-order valence-electron chi connectivity index (χ0n) is 9.15. The van der Waals surface area contributed by atoms with E-state index in [-0.39, 0.29) is 0 Å². The summed E-state index contributed by atoms with van der Waals surface area (Å²) in [6, 6.07) is 10.3. The highest BCUT2D eigenvalue weighted by molar-refractivity contribution is 5.84. The first-order chi connectivity index (χ1) is 7.25. The van der Waals surface area contributed by atoms with E-state index in [9.17, 15) is 4.79 Å². The van der Waals surface area contributed by atoms with Crippen molar-refractivity contribution < 1.29 is 4.79 Å². The van der Waals surface area contributed by atoms with E-state index in [1.54, 1.807) is 0 Å². The molecule has 1 aliphatic rings. The SMILES string of the molecule is CN(CC(=O)C1CC1)Cc1ccccc1. The first kappa shape index (κ1) is 10.4. The minimum absolute atomic E-state index is 0.378. The summed E-state index contributed by atoms with van der Waals surface area (Å²) >= 11 is 0. The van der Waals surface area contributed by atoms with Gasteiger partial charge in [0.1, 0.15) is 5.78 Å². The molecule has 0 unspecified atom stereocenters. The van der Waals surface area contributed by atoms with Gasteiger partial charge in [-0.15, -0.1) is 0 Å². The van der Waals surface area contributed by atoms with Crippen LogP contribution in [0.1, 0.15) is 18.4 Å². The molecule has 0 saturated heterocycles. The Kier molecular flexibility index (Phi) is 3.17. The molecule has 0 heterocycles. The van der Waals surface area contributed by atoms with Crippen molar-refractivity contribution in [3.05, 3.63) is 35.9 Å². The van der Waals surface area contributed by atoms with Crippen LogP contribution in [0.2, 0.25) is 0 Å². The average Bonchev–Trinajstić information content (AvgIpc) is 3.01. The molecule has 1 saturated carbocycles. The number of benzene rings is 1. The fraction of sp³-hybridized carbons (Fsp3) is 0.462. The van der Waals surface area contributed by atoms with Crippen LogP contribution in [0.4, 0.5) is 0 Å². The second-order valence-corrected chi connectivity index (χ2v) is 4.40. The number of ketones is 1. The predicted octanol–water partition coefficient (Wildman–Crippen LogP) is 2.10. The number of likely N-dealkylation sites (N-methyl/N-ethyl adjacent to an activating group) is 1. The largest absolute Gasteiger partial charge is 0.298 e. The lowest BCUT2D eigenvalue weighted by Gasteiger charge is -2.15. The first-order valence-corrected chi connectivity index (χ1v) is 5.51. The van der Waals surface area contributed by atoms with Gasteiger partial charge in [0.25, 0.3) is 0 Å². The molecule has 1 aromatic rings. The fourth-order valence-corrected chi connectivity index (χ4v) is 1.75. The van der Waals surface area contributed by atoms with E-state index in [0.717, 1.165) is 19.4 Å². The van der Waals surface area contributed by atoms with Crippen LogP contribution < -0.4 is 0 Å². The van der Waals surface area contributed by atoms with Crippen LogP contribution in [0.25, 0.3) is 0 Å². The van der Waals surface area contributed by atoms with Crippen molar-refractivity contribution in [1.82, 2.24) is 4.90 Å². The predicted molar refractivity (Wildman–Crippen MR) is 60.5 cm³/mol. The summed E-state index contributed by atoms with van der Waals surface area (Å²) in [5, 5.41) is 0. The highest BCUT2D eigenvalue weighted by atomic mass is 16.1. The van der Waals surface area contributed by atoms with Gasteiger partial charge in [0.15, 0.2) is 0 Å². The minimum Gasteiger partial charge on any atom is -0.298 e. The second kappa shape index (κ2) is 4.58. The molecule has 80 valence electrons. The van der Waals surface area contributed by atoms with Crippen molar-refractivity contribution in [2.75, 3.05) is 13.6 Å². The summed E-state index contributed by atoms with van der Waals surface area (Å²) in [7, 11) is 2.01. The number of rotatable bonds is 5. The third kappa shape index (κ3) is 3.17. The number of carbonyl (C=O) groups excluding carboxylic acids is 1. The number of hydrogen-bond donors (Lipinski definition) is 0. The first-order valence-electron chi connectivity index (χ1n) is 5.51. The molecule has 15 heavy (non-hydrogen) atoms. The summed E-state index contributed by atoms with van der Waals surface area (Å²) in [6.45, 7) is 1.46. The van der Waals surface area contributed by atoms with E-state index < -0.39 is 0 Å². The number of nitrogens with zero attached hydrogens (tertiary/aromatic N) is 1. The smallest absolute Gasteiger partial charge is 0.149 e. The van der Waals surface area contributed by atoms with Gasteiger partial charge in [-0.3, -0.25) is 9.69 Å². The summed E-state index contributed by atoms with van der Waals surface area (Å²) in [4.78, 5) is 13.7. The van der Waals surface area contributed by atoms with Crippen LogP contribution >= 0.6 is 0 Å². The molecule has 2 nitrogen and oxygen atoms in total. The number of carbonyl (C=O) groups is 1. The molecule has 0 amide bonds. The minimum atomic E-state index is 0.378. The Morgan fingerprint density at radius 1 is 1.33 bits per heavy atom. The zero-order valence-corrected chi connectivity index (χ0v) is 9.15. The van der Waals surface area contributed by atoms with Crippen LogP contribution in [-0.4, -0.2) is 24.3 Å². The summed E-state index contributed by atoms with van der Waals surface area (Å²) in [5.74, 6) is 0.789. The van der Waals surface area contributed by atoms with E-state index in [1.807, 2.05) is 25.2 Å². The van der Waals surface area contributed by atoms with E-state index >= 15 is 0 Å². The van der Waals surface area contributed by atoms with Gasteiger partial charge in [-0.1, -0.05) is 30.3 Å². The molecule has 0 aromatic heterocycles. The lowest BCUT2D eigenvalue weighted by Crippen LogP contribution is -2.26. The lowest BCUT2D eigenvalue weighted by atomic mass is 10.2. The highest BCUT2D eigenvalue weighted by Crippen LogP contribution is 2.29. The van der Waals surface area contributed by atoms with Gasteiger partial charge < -0.3 is 0 Å². The standard InChI is InChI=1S/C13H17NO/c1-14(10-13(15)12-7-8-12)9-11-5-3-2-4-6-11/h2-6,12H,7-10H2,1H3. The molecule has 2 heteroatoms. The molecular formula is C13H17NO. The van der Waals surface area contributed by atoms with E-state index in [0.29, 0.717) is 18.2 Å². The Balaban J connectivity index is 1.81. The van der Waals surface area contributed by atoms with Crippen LogP contribution in [0.3, 0.4) is 0 Å². The molecule has 0 atom stereocenters. The Bertz CT molecular complexity index is 330. The van der Waals surface area contributed by atoms with Crippen LogP contribution in [-0.2, 0) is 11.3 Å². The van der Waals surface area contributed by atoms with Gasteiger partial charge in [0.2, 0.25) is 0 Å². The monoisotopic (exact) mass is 203 g/mol. The molecule has 0 N–H and O–H groups in total. The van der Waals surface area contributed by atoms with Crippen molar-refractivity contribution >= 4 is 5.78 Å². The summed E-state index contributed by atoms with van der Waals surface area (Å²) in [5.41, 5.74) is 1.27. The van der Waals surface area contributed by atoms with Crippen molar-refractivity contribution in [3.63, 3.8) is 0 Å².